The van der Waals surface area contributed by atoms with Crippen LogP contribution in [0.5, 0.6) is 5.75 Å². The van der Waals surface area contributed by atoms with E-state index in [9.17, 15) is 9.59 Å². The average Bonchev–Trinajstić information content (AvgIpc) is 3.24. The molecule has 0 radical (unpaired) electrons. The molecule has 0 saturated heterocycles. The first-order chi connectivity index (χ1) is 14.6. The maximum absolute atomic E-state index is 13.1. The molecule has 8 heteroatoms. The summed E-state index contributed by atoms with van der Waals surface area (Å²) in [7, 11) is 1.58. The smallest absolute Gasteiger partial charge is 0.268 e. The molecular weight excluding hydrogens is 418 g/mol. The minimum Gasteiger partial charge on any atom is -0.497 e. The Labute approximate surface area is 183 Å². The molecule has 0 aliphatic carbocycles. The molecule has 154 valence electrons. The van der Waals surface area contributed by atoms with Crippen LogP contribution in [0.1, 0.15) is 11.3 Å². The van der Waals surface area contributed by atoms with Crippen LogP contribution in [0.4, 0.5) is 5.69 Å². The van der Waals surface area contributed by atoms with Crippen molar-refractivity contribution in [2.24, 2.45) is 0 Å². The van der Waals surface area contributed by atoms with Gasteiger partial charge in [-0.3, -0.25) is 14.2 Å². The Kier molecular flexibility index (Phi) is 6.44. The normalized spacial score (nSPS) is 12.4. The molecule has 1 amide bonds. The van der Waals surface area contributed by atoms with Crippen LogP contribution in [0.2, 0.25) is 0 Å². The summed E-state index contributed by atoms with van der Waals surface area (Å²) in [6.07, 6.45) is 0.783. The number of ether oxygens (including phenoxy) is 1. The molecule has 1 N–H and O–H groups in total. The number of hydrogen-bond acceptors (Lipinski definition) is 6. The highest BCUT2D eigenvalue weighted by molar-refractivity contribution is 8.00. The average molecular weight is 440 g/mol. The monoisotopic (exact) mass is 439 g/mol. The molecule has 6 nitrogen and oxygen atoms in total. The maximum atomic E-state index is 13.1. The van der Waals surface area contributed by atoms with Gasteiger partial charge in [-0.05, 0) is 17.7 Å². The topological polar surface area (TPSA) is 73.2 Å². The number of amides is 1. The summed E-state index contributed by atoms with van der Waals surface area (Å²) in [5.41, 5.74) is 2.50. The fraction of sp³-hybridized carbons (Fsp3) is 0.227. The van der Waals surface area contributed by atoms with E-state index in [1.54, 1.807) is 35.6 Å². The quantitative estimate of drug-likeness (QED) is 0.447. The maximum Gasteiger partial charge on any atom is 0.268 e. The molecule has 0 fully saturated rings. The van der Waals surface area contributed by atoms with E-state index in [1.807, 2.05) is 42.5 Å². The number of carbonyl (C=O) groups is 1. The number of anilines is 1. The second kappa shape index (κ2) is 9.40. The minimum absolute atomic E-state index is 0.0259. The third-order valence-corrected chi connectivity index (χ3v) is 6.70. The van der Waals surface area contributed by atoms with Crippen molar-refractivity contribution in [3.05, 3.63) is 76.2 Å². The van der Waals surface area contributed by atoms with E-state index >= 15 is 0 Å². The standard InChI is InChI=1S/C22H21N3O3S2/c1-28-17-9-5-8-16(12-17)23-19(26)14-30-22-24-18-10-11-29-20(18)21(27)25(22)13-15-6-3-2-4-7-15/h2-9,12H,10-11,13-14H2,1H3,(H,23,26). The van der Waals surface area contributed by atoms with Crippen molar-refractivity contribution >= 4 is 35.1 Å². The summed E-state index contributed by atoms with van der Waals surface area (Å²) in [5.74, 6) is 1.54. The summed E-state index contributed by atoms with van der Waals surface area (Å²) in [6, 6.07) is 17.0. The molecule has 1 aliphatic heterocycles. The Morgan fingerprint density at radius 2 is 2.07 bits per heavy atom. The van der Waals surface area contributed by atoms with Crippen LogP contribution in [-0.2, 0) is 17.8 Å². The molecule has 1 aromatic heterocycles. The Morgan fingerprint density at radius 3 is 2.87 bits per heavy atom. The summed E-state index contributed by atoms with van der Waals surface area (Å²) in [6.45, 7) is 0.431. The van der Waals surface area contributed by atoms with Gasteiger partial charge in [-0.2, -0.15) is 0 Å². The van der Waals surface area contributed by atoms with Gasteiger partial charge in [0.2, 0.25) is 5.91 Å². The van der Waals surface area contributed by atoms with E-state index in [0.717, 1.165) is 28.3 Å². The zero-order chi connectivity index (χ0) is 20.9. The van der Waals surface area contributed by atoms with Gasteiger partial charge in [0, 0.05) is 23.9 Å². The number of methoxy groups -OCH3 is 1. The van der Waals surface area contributed by atoms with Gasteiger partial charge in [0.25, 0.3) is 5.56 Å². The SMILES string of the molecule is COc1cccc(NC(=O)CSc2nc3c(c(=O)n2Cc2ccccc2)SCC3)c1. The van der Waals surface area contributed by atoms with Gasteiger partial charge in [0.1, 0.15) is 5.75 Å². The number of carbonyl (C=O) groups excluding carboxylic acids is 1. The third-order valence-electron chi connectivity index (χ3n) is 4.62. The van der Waals surface area contributed by atoms with Crippen molar-refractivity contribution in [1.29, 1.82) is 0 Å². The molecule has 0 bridgehead atoms. The van der Waals surface area contributed by atoms with Crippen LogP contribution in [0.25, 0.3) is 0 Å². The van der Waals surface area contributed by atoms with Crippen LogP contribution >= 0.6 is 23.5 Å². The lowest BCUT2D eigenvalue weighted by atomic mass is 10.2. The van der Waals surface area contributed by atoms with Crippen molar-refractivity contribution in [2.45, 2.75) is 23.0 Å². The van der Waals surface area contributed by atoms with Crippen molar-refractivity contribution in [1.82, 2.24) is 9.55 Å². The van der Waals surface area contributed by atoms with E-state index in [4.69, 9.17) is 9.72 Å². The fourth-order valence-electron chi connectivity index (χ4n) is 3.17. The molecule has 2 heterocycles. The molecule has 2 aromatic carbocycles. The summed E-state index contributed by atoms with van der Waals surface area (Å²) in [4.78, 5) is 31.0. The molecule has 4 rings (SSSR count). The lowest BCUT2D eigenvalue weighted by molar-refractivity contribution is -0.113. The van der Waals surface area contributed by atoms with Crippen molar-refractivity contribution in [2.75, 3.05) is 23.9 Å². The van der Waals surface area contributed by atoms with Crippen LogP contribution in [0.15, 0.2) is 69.4 Å². The highest BCUT2D eigenvalue weighted by Gasteiger charge is 2.22. The van der Waals surface area contributed by atoms with Crippen LogP contribution < -0.4 is 15.6 Å². The fourth-order valence-corrected chi connectivity index (χ4v) is 5.03. The van der Waals surface area contributed by atoms with Gasteiger partial charge in [0.15, 0.2) is 5.16 Å². The predicted octanol–water partition coefficient (Wildman–Crippen LogP) is 3.68. The second-order valence-corrected chi connectivity index (χ2v) is 8.76. The van der Waals surface area contributed by atoms with Crippen molar-refractivity contribution < 1.29 is 9.53 Å². The van der Waals surface area contributed by atoms with Crippen LogP contribution in [0.3, 0.4) is 0 Å². The number of aryl methyl sites for hydroxylation is 1. The van der Waals surface area contributed by atoms with Gasteiger partial charge < -0.3 is 10.1 Å². The number of nitrogens with zero attached hydrogens (tertiary/aromatic N) is 2. The first-order valence-electron chi connectivity index (χ1n) is 9.51. The predicted molar refractivity (Wildman–Crippen MR) is 121 cm³/mol. The van der Waals surface area contributed by atoms with Gasteiger partial charge in [-0.1, -0.05) is 48.2 Å². The summed E-state index contributed by atoms with van der Waals surface area (Å²) < 4.78 is 6.86. The Hall–Kier alpha value is -2.71. The number of nitrogens with one attached hydrogen (secondary N) is 1. The van der Waals surface area contributed by atoms with Gasteiger partial charge >= 0.3 is 0 Å². The van der Waals surface area contributed by atoms with Crippen molar-refractivity contribution in [3.63, 3.8) is 0 Å². The third kappa shape index (κ3) is 4.71. The molecule has 0 saturated carbocycles. The molecule has 1 aliphatic rings. The Balaban J connectivity index is 1.53. The number of aromatic nitrogens is 2. The Bertz CT molecular complexity index is 1120. The second-order valence-electron chi connectivity index (χ2n) is 6.71. The molecule has 0 atom stereocenters. The van der Waals surface area contributed by atoms with Gasteiger partial charge in [-0.25, -0.2) is 4.98 Å². The minimum atomic E-state index is -0.163. The summed E-state index contributed by atoms with van der Waals surface area (Å²) in [5, 5.41) is 3.44. The largest absolute Gasteiger partial charge is 0.497 e. The zero-order valence-corrected chi connectivity index (χ0v) is 18.1. The molecule has 3 aromatic rings. The molecule has 0 unspecified atom stereocenters. The van der Waals surface area contributed by atoms with Crippen molar-refractivity contribution in [3.8, 4) is 5.75 Å². The Morgan fingerprint density at radius 1 is 1.23 bits per heavy atom. The highest BCUT2D eigenvalue weighted by Crippen LogP contribution is 2.29. The first kappa shape index (κ1) is 20.6. The van der Waals surface area contributed by atoms with E-state index in [2.05, 4.69) is 5.32 Å². The summed E-state index contributed by atoms with van der Waals surface area (Å²) >= 11 is 2.84. The highest BCUT2D eigenvalue weighted by atomic mass is 32.2. The number of thioether (sulfide) groups is 2. The first-order valence-corrected chi connectivity index (χ1v) is 11.5. The van der Waals surface area contributed by atoms with E-state index in [-0.39, 0.29) is 17.2 Å². The molecular formula is C22H21N3O3S2. The number of rotatable bonds is 7. The van der Waals surface area contributed by atoms with E-state index in [0.29, 0.717) is 23.1 Å². The number of hydrogen-bond donors (Lipinski definition) is 1. The molecule has 0 spiro atoms. The van der Waals surface area contributed by atoms with Gasteiger partial charge in [0.05, 0.1) is 30.0 Å². The number of fused-ring (bicyclic) bond motifs is 1. The van der Waals surface area contributed by atoms with Crippen LogP contribution in [-0.4, -0.2) is 34.1 Å². The van der Waals surface area contributed by atoms with E-state index < -0.39 is 0 Å². The zero-order valence-electron chi connectivity index (χ0n) is 16.5. The number of benzene rings is 2. The van der Waals surface area contributed by atoms with Gasteiger partial charge in [-0.15, -0.1) is 11.8 Å². The lowest BCUT2D eigenvalue weighted by Gasteiger charge is -2.14. The molecule has 30 heavy (non-hydrogen) atoms. The van der Waals surface area contributed by atoms with Crippen LogP contribution in [0, 0.1) is 0 Å². The van der Waals surface area contributed by atoms with E-state index in [1.165, 1.54) is 11.8 Å². The lowest BCUT2D eigenvalue weighted by Crippen LogP contribution is -2.26.